The first kappa shape index (κ1) is 21.2. The van der Waals surface area contributed by atoms with Crippen LogP contribution in [0.1, 0.15) is 37.8 Å². The van der Waals surface area contributed by atoms with Gasteiger partial charge in [0.05, 0.1) is 12.2 Å². The van der Waals surface area contributed by atoms with E-state index in [1.54, 1.807) is 26.0 Å². The van der Waals surface area contributed by atoms with Gasteiger partial charge in [0.15, 0.2) is 0 Å². The van der Waals surface area contributed by atoms with Gasteiger partial charge in [0.25, 0.3) is 0 Å². The lowest BCUT2D eigenvalue weighted by molar-refractivity contribution is -0.237. The summed E-state index contributed by atoms with van der Waals surface area (Å²) in [5, 5.41) is 11.8. The molecule has 154 valence electrons. The van der Waals surface area contributed by atoms with Crippen molar-refractivity contribution in [3.63, 3.8) is 0 Å². The van der Waals surface area contributed by atoms with Gasteiger partial charge in [-0.1, -0.05) is 66.7 Å². The summed E-state index contributed by atoms with van der Waals surface area (Å²) >= 11 is 0. The van der Waals surface area contributed by atoms with E-state index in [4.69, 9.17) is 9.57 Å². The van der Waals surface area contributed by atoms with E-state index < -0.39 is 17.2 Å². The average molecular weight is 395 g/mol. The predicted molar refractivity (Wildman–Crippen MR) is 112 cm³/mol. The molecule has 3 rings (SSSR count). The summed E-state index contributed by atoms with van der Waals surface area (Å²) in [5.41, 5.74) is 0.152. The van der Waals surface area contributed by atoms with Gasteiger partial charge in [-0.2, -0.15) is 5.06 Å². The van der Waals surface area contributed by atoms with Crippen molar-refractivity contribution in [3.05, 3.63) is 83.9 Å². The number of nitrogens with zero attached hydrogens (tertiary/aromatic N) is 1. The van der Waals surface area contributed by atoms with Gasteiger partial charge in [0, 0.05) is 19.5 Å². The van der Waals surface area contributed by atoms with Crippen molar-refractivity contribution < 1.29 is 19.5 Å². The summed E-state index contributed by atoms with van der Waals surface area (Å²) in [6.07, 6.45) is 4.40. The van der Waals surface area contributed by atoms with Crippen molar-refractivity contribution in [2.75, 3.05) is 6.61 Å². The van der Waals surface area contributed by atoms with Gasteiger partial charge in [-0.15, -0.1) is 0 Å². The highest BCUT2D eigenvalue weighted by Crippen LogP contribution is 2.30. The van der Waals surface area contributed by atoms with Gasteiger partial charge in [-0.3, -0.25) is 4.84 Å². The van der Waals surface area contributed by atoms with Gasteiger partial charge in [-0.25, -0.2) is 4.79 Å². The lowest BCUT2D eigenvalue weighted by atomic mass is 9.98. The second-order valence-corrected chi connectivity index (χ2v) is 8.05. The van der Waals surface area contributed by atoms with Crippen molar-refractivity contribution in [2.24, 2.45) is 0 Å². The molecule has 1 aliphatic heterocycles. The van der Waals surface area contributed by atoms with Gasteiger partial charge >= 0.3 is 5.97 Å². The normalized spacial score (nSPS) is 19.8. The highest BCUT2D eigenvalue weighted by molar-refractivity contribution is 5.83. The highest BCUT2D eigenvalue weighted by Gasteiger charge is 2.46. The van der Waals surface area contributed by atoms with E-state index in [-0.39, 0.29) is 0 Å². The maximum absolute atomic E-state index is 12.6. The van der Waals surface area contributed by atoms with Crippen LogP contribution in [0.2, 0.25) is 0 Å². The van der Waals surface area contributed by atoms with E-state index >= 15 is 0 Å². The number of hydroxylamine groups is 2. The summed E-state index contributed by atoms with van der Waals surface area (Å²) in [4.78, 5) is 18.9. The number of cyclic esters (lactones) is 1. The van der Waals surface area contributed by atoms with Crippen molar-refractivity contribution >= 4 is 5.97 Å². The molecule has 0 saturated carbocycles. The molecule has 1 N–H and O–H groups in total. The fourth-order valence-electron chi connectivity index (χ4n) is 3.25. The lowest BCUT2D eigenvalue weighted by Gasteiger charge is -2.30. The Morgan fingerprint density at radius 3 is 2.07 bits per heavy atom. The second kappa shape index (κ2) is 9.35. The number of rotatable bonds is 9. The number of carbonyl (C=O) groups excluding carboxylic acids is 1. The summed E-state index contributed by atoms with van der Waals surface area (Å²) in [6.45, 7) is 4.84. The van der Waals surface area contributed by atoms with E-state index in [2.05, 4.69) is 0 Å². The Morgan fingerprint density at radius 1 is 1.07 bits per heavy atom. The molecule has 0 bridgehead atoms. The molecule has 1 heterocycles. The highest BCUT2D eigenvalue weighted by atomic mass is 16.7. The molecule has 0 unspecified atom stereocenters. The summed E-state index contributed by atoms with van der Waals surface area (Å²) in [7, 11) is 0. The SMILES string of the molecule is CC(C)(O)C/C=C/[C@]1(ON(Cc2ccccc2)Cc2ccccc2)CCOC1=O. The number of benzene rings is 2. The molecule has 1 saturated heterocycles. The van der Waals surface area contributed by atoms with Crippen LogP contribution < -0.4 is 0 Å². The molecule has 1 aliphatic rings. The molecular weight excluding hydrogens is 366 g/mol. The number of ether oxygens (including phenoxy) is 1. The lowest BCUT2D eigenvalue weighted by Crippen LogP contribution is -2.42. The largest absolute Gasteiger partial charge is 0.463 e. The summed E-state index contributed by atoms with van der Waals surface area (Å²) in [5.74, 6) is -0.393. The Balaban J connectivity index is 1.83. The van der Waals surface area contributed by atoms with Crippen LogP contribution in [0.15, 0.2) is 72.8 Å². The Kier molecular flexibility index (Phi) is 6.85. The van der Waals surface area contributed by atoms with Crippen LogP contribution in [-0.4, -0.2) is 33.9 Å². The predicted octanol–water partition coefficient (Wildman–Crippen LogP) is 4.02. The van der Waals surface area contributed by atoms with E-state index in [0.29, 0.717) is 32.5 Å². The van der Waals surface area contributed by atoms with Crippen molar-refractivity contribution in [1.29, 1.82) is 0 Å². The first-order valence-electron chi connectivity index (χ1n) is 9.96. The molecule has 0 amide bonds. The molecule has 0 spiro atoms. The molecule has 2 aromatic rings. The van der Waals surface area contributed by atoms with Crippen molar-refractivity contribution in [3.8, 4) is 0 Å². The Morgan fingerprint density at radius 2 is 1.62 bits per heavy atom. The standard InChI is InChI=1S/C24H29NO4/c1-23(2,27)14-9-15-24(16-17-28-22(24)26)29-25(18-20-10-5-3-6-11-20)19-21-12-7-4-8-13-21/h3-13,15,27H,14,16-19H2,1-2H3/b15-9+/t24-/m0/s1. The number of hydrogen-bond donors (Lipinski definition) is 1. The van der Waals surface area contributed by atoms with Crippen LogP contribution in [-0.2, 0) is 27.5 Å². The molecule has 0 aliphatic carbocycles. The first-order chi connectivity index (χ1) is 13.9. The van der Waals surface area contributed by atoms with E-state index in [1.807, 2.05) is 65.7 Å². The maximum Gasteiger partial charge on any atom is 0.344 e. The first-order valence-corrected chi connectivity index (χ1v) is 9.96. The summed E-state index contributed by atoms with van der Waals surface area (Å²) in [6, 6.07) is 20.0. The fraction of sp³-hybridized carbons (Fsp3) is 0.375. The number of carbonyl (C=O) groups is 1. The minimum atomic E-state index is -1.17. The Hall–Kier alpha value is -2.47. The molecule has 1 fully saturated rings. The Bertz CT molecular complexity index is 772. The van der Waals surface area contributed by atoms with E-state index in [9.17, 15) is 9.90 Å². The third-order valence-corrected chi connectivity index (χ3v) is 4.75. The molecule has 5 nitrogen and oxygen atoms in total. The van der Waals surface area contributed by atoms with Gasteiger partial charge in [-0.05, 0) is 37.5 Å². The van der Waals surface area contributed by atoms with Gasteiger partial charge in [0.2, 0.25) is 5.60 Å². The minimum absolute atomic E-state index is 0.316. The molecular formula is C24H29NO4. The van der Waals surface area contributed by atoms with E-state index in [1.165, 1.54) is 0 Å². The zero-order valence-corrected chi connectivity index (χ0v) is 17.1. The Labute approximate surface area is 172 Å². The zero-order chi connectivity index (χ0) is 20.7. The topological polar surface area (TPSA) is 59.0 Å². The number of esters is 1. The molecule has 5 heteroatoms. The minimum Gasteiger partial charge on any atom is -0.463 e. The van der Waals surface area contributed by atoms with Crippen LogP contribution in [0.5, 0.6) is 0 Å². The molecule has 0 radical (unpaired) electrons. The summed E-state index contributed by atoms with van der Waals surface area (Å²) < 4.78 is 5.25. The molecule has 1 atom stereocenters. The molecule has 0 aromatic heterocycles. The van der Waals surface area contributed by atoms with Crippen LogP contribution in [0, 0.1) is 0 Å². The third kappa shape index (κ3) is 6.26. The van der Waals surface area contributed by atoms with Crippen LogP contribution in [0.25, 0.3) is 0 Å². The van der Waals surface area contributed by atoms with E-state index in [0.717, 1.165) is 11.1 Å². The van der Waals surface area contributed by atoms with Crippen LogP contribution in [0.4, 0.5) is 0 Å². The number of aliphatic hydroxyl groups is 1. The number of hydrogen-bond acceptors (Lipinski definition) is 5. The third-order valence-electron chi connectivity index (χ3n) is 4.75. The molecule has 2 aromatic carbocycles. The van der Waals surface area contributed by atoms with Crippen molar-refractivity contribution in [1.82, 2.24) is 5.06 Å². The van der Waals surface area contributed by atoms with Crippen LogP contribution in [0.3, 0.4) is 0 Å². The van der Waals surface area contributed by atoms with Crippen molar-refractivity contribution in [2.45, 2.75) is 51.0 Å². The monoisotopic (exact) mass is 395 g/mol. The molecule has 29 heavy (non-hydrogen) atoms. The zero-order valence-electron chi connectivity index (χ0n) is 17.1. The maximum atomic E-state index is 12.6. The van der Waals surface area contributed by atoms with Gasteiger partial charge in [0.1, 0.15) is 0 Å². The quantitative estimate of drug-likeness (QED) is 0.395. The van der Waals surface area contributed by atoms with Crippen LogP contribution >= 0.6 is 0 Å². The smallest absolute Gasteiger partial charge is 0.344 e. The van der Waals surface area contributed by atoms with Gasteiger partial charge < -0.3 is 9.84 Å². The average Bonchev–Trinajstić information content (AvgIpc) is 3.02. The second-order valence-electron chi connectivity index (χ2n) is 8.05. The fourth-order valence-corrected chi connectivity index (χ4v) is 3.25.